The van der Waals surface area contributed by atoms with Gasteiger partial charge in [0.15, 0.2) is 0 Å². The third-order valence-corrected chi connectivity index (χ3v) is 2.16. The molecule has 0 radical (unpaired) electrons. The van der Waals surface area contributed by atoms with Crippen LogP contribution >= 0.6 is 11.6 Å². The van der Waals surface area contributed by atoms with E-state index in [1.54, 1.807) is 13.2 Å². The van der Waals surface area contributed by atoms with Crippen LogP contribution in [0.2, 0.25) is 5.02 Å². The van der Waals surface area contributed by atoms with Gasteiger partial charge in [-0.05, 0) is 18.6 Å². The van der Waals surface area contributed by atoms with Gasteiger partial charge in [-0.15, -0.1) is 0 Å². The molecule has 0 atom stereocenters. The second-order valence-electron chi connectivity index (χ2n) is 2.63. The summed E-state index contributed by atoms with van der Waals surface area (Å²) in [5.74, 6) is 0.745. The van der Waals surface area contributed by atoms with Gasteiger partial charge in [-0.2, -0.15) is 0 Å². The molecule has 0 aliphatic rings. The number of aldehydes is 1. The zero-order valence-electron chi connectivity index (χ0n) is 7.42. The van der Waals surface area contributed by atoms with Crippen molar-refractivity contribution in [3.63, 3.8) is 0 Å². The van der Waals surface area contributed by atoms with E-state index in [-0.39, 0.29) is 0 Å². The van der Waals surface area contributed by atoms with Crippen molar-refractivity contribution < 1.29 is 9.53 Å². The Morgan fingerprint density at radius 1 is 1.54 bits per heavy atom. The molecule has 0 saturated heterocycles. The lowest BCUT2D eigenvalue weighted by Crippen LogP contribution is -1.93. The van der Waals surface area contributed by atoms with Crippen LogP contribution in [0.4, 0.5) is 0 Å². The second kappa shape index (κ2) is 4.87. The Kier molecular flexibility index (Phi) is 3.77. The molecule has 0 amide bonds. The Balaban J connectivity index is 2.93. The zero-order chi connectivity index (χ0) is 9.68. The maximum absolute atomic E-state index is 10.2. The standard InChI is InChI=1S/C10H11ClO2/c1-13-10-6-2-5-9(11)8(10)4-3-7-12/h2,5-7H,3-4H2,1H3. The molecule has 13 heavy (non-hydrogen) atoms. The Bertz CT molecular complexity index is 297. The van der Waals surface area contributed by atoms with Crippen LogP contribution in [0.3, 0.4) is 0 Å². The van der Waals surface area contributed by atoms with Gasteiger partial charge in [0.25, 0.3) is 0 Å². The Morgan fingerprint density at radius 2 is 2.31 bits per heavy atom. The lowest BCUT2D eigenvalue weighted by Gasteiger charge is -2.08. The number of carbonyl (C=O) groups excluding carboxylic acids is 1. The predicted molar refractivity (Wildman–Crippen MR) is 52.4 cm³/mol. The van der Waals surface area contributed by atoms with Gasteiger partial charge in [-0.3, -0.25) is 0 Å². The van der Waals surface area contributed by atoms with Gasteiger partial charge in [0.1, 0.15) is 12.0 Å². The molecule has 1 aromatic rings. The molecule has 0 aliphatic carbocycles. The number of carbonyl (C=O) groups is 1. The molecule has 0 spiro atoms. The molecule has 2 nitrogen and oxygen atoms in total. The number of hydrogen-bond donors (Lipinski definition) is 0. The van der Waals surface area contributed by atoms with Crippen molar-refractivity contribution in [2.24, 2.45) is 0 Å². The van der Waals surface area contributed by atoms with E-state index in [0.29, 0.717) is 17.9 Å². The van der Waals surface area contributed by atoms with E-state index in [9.17, 15) is 4.79 Å². The minimum atomic E-state index is 0.472. The fourth-order valence-electron chi connectivity index (χ4n) is 1.18. The zero-order valence-corrected chi connectivity index (χ0v) is 8.17. The van der Waals surface area contributed by atoms with E-state index in [1.807, 2.05) is 12.1 Å². The summed E-state index contributed by atoms with van der Waals surface area (Å²) in [4.78, 5) is 10.2. The van der Waals surface area contributed by atoms with Gasteiger partial charge in [-0.25, -0.2) is 0 Å². The van der Waals surface area contributed by atoms with E-state index < -0.39 is 0 Å². The molecule has 0 aliphatic heterocycles. The molecular formula is C10H11ClO2. The summed E-state index contributed by atoms with van der Waals surface area (Å²) in [6.45, 7) is 0. The minimum Gasteiger partial charge on any atom is -0.496 e. The highest BCUT2D eigenvalue weighted by Gasteiger charge is 2.05. The molecular weight excluding hydrogens is 188 g/mol. The number of methoxy groups -OCH3 is 1. The minimum absolute atomic E-state index is 0.472. The van der Waals surface area contributed by atoms with Crippen LogP contribution in [-0.4, -0.2) is 13.4 Å². The van der Waals surface area contributed by atoms with Crippen molar-refractivity contribution in [3.05, 3.63) is 28.8 Å². The number of hydrogen-bond acceptors (Lipinski definition) is 2. The highest BCUT2D eigenvalue weighted by molar-refractivity contribution is 6.31. The van der Waals surface area contributed by atoms with Crippen LogP contribution in [0.1, 0.15) is 12.0 Å². The van der Waals surface area contributed by atoms with E-state index in [1.165, 1.54) is 0 Å². The lowest BCUT2D eigenvalue weighted by molar-refractivity contribution is -0.107. The van der Waals surface area contributed by atoms with Crippen LogP contribution < -0.4 is 4.74 Å². The van der Waals surface area contributed by atoms with Gasteiger partial charge in [0.05, 0.1) is 7.11 Å². The molecule has 0 aromatic heterocycles. The molecule has 1 aromatic carbocycles. The molecule has 3 heteroatoms. The molecule has 0 heterocycles. The highest BCUT2D eigenvalue weighted by atomic mass is 35.5. The first-order chi connectivity index (χ1) is 6.29. The third kappa shape index (κ3) is 2.46. The van der Waals surface area contributed by atoms with Crippen molar-refractivity contribution in [1.29, 1.82) is 0 Å². The van der Waals surface area contributed by atoms with Crippen molar-refractivity contribution in [3.8, 4) is 5.75 Å². The first kappa shape index (κ1) is 10.1. The number of halogens is 1. The van der Waals surface area contributed by atoms with Gasteiger partial charge in [-0.1, -0.05) is 17.7 Å². The third-order valence-electron chi connectivity index (χ3n) is 1.81. The summed E-state index contributed by atoms with van der Waals surface area (Å²) in [5, 5.41) is 0.654. The summed E-state index contributed by atoms with van der Waals surface area (Å²) >= 11 is 5.95. The molecule has 70 valence electrons. The molecule has 0 saturated carbocycles. The maximum Gasteiger partial charge on any atom is 0.123 e. The van der Waals surface area contributed by atoms with Crippen LogP contribution in [0.5, 0.6) is 5.75 Å². The lowest BCUT2D eigenvalue weighted by atomic mass is 10.1. The molecule has 1 rings (SSSR count). The highest BCUT2D eigenvalue weighted by Crippen LogP contribution is 2.26. The van der Waals surface area contributed by atoms with Gasteiger partial charge < -0.3 is 9.53 Å². The van der Waals surface area contributed by atoms with E-state index in [2.05, 4.69) is 0 Å². The van der Waals surface area contributed by atoms with Crippen LogP contribution in [-0.2, 0) is 11.2 Å². The van der Waals surface area contributed by atoms with Crippen molar-refractivity contribution in [1.82, 2.24) is 0 Å². The Hall–Kier alpha value is -1.02. The smallest absolute Gasteiger partial charge is 0.123 e. The Morgan fingerprint density at radius 3 is 2.92 bits per heavy atom. The molecule has 0 fully saturated rings. The van der Waals surface area contributed by atoms with E-state index >= 15 is 0 Å². The van der Waals surface area contributed by atoms with Crippen LogP contribution in [0, 0.1) is 0 Å². The SMILES string of the molecule is COc1cccc(Cl)c1CCC=O. The summed E-state index contributed by atoms with van der Waals surface area (Å²) in [6.07, 6.45) is 1.98. The summed E-state index contributed by atoms with van der Waals surface area (Å²) in [6, 6.07) is 5.46. The first-order valence-electron chi connectivity index (χ1n) is 4.04. The Labute approximate surface area is 82.5 Å². The number of ether oxygens (including phenoxy) is 1. The normalized spacial score (nSPS) is 9.69. The molecule has 0 bridgehead atoms. The van der Waals surface area contributed by atoms with Crippen molar-refractivity contribution >= 4 is 17.9 Å². The number of benzene rings is 1. The van der Waals surface area contributed by atoms with Gasteiger partial charge in [0.2, 0.25) is 0 Å². The maximum atomic E-state index is 10.2. The molecule has 0 unspecified atom stereocenters. The van der Waals surface area contributed by atoms with Crippen molar-refractivity contribution in [2.45, 2.75) is 12.8 Å². The van der Waals surface area contributed by atoms with Gasteiger partial charge >= 0.3 is 0 Å². The summed E-state index contributed by atoms with van der Waals surface area (Å²) < 4.78 is 5.12. The predicted octanol–water partition coefficient (Wildman–Crippen LogP) is 2.48. The summed E-state index contributed by atoms with van der Waals surface area (Å²) in [5.41, 5.74) is 0.902. The largest absolute Gasteiger partial charge is 0.496 e. The average molecular weight is 199 g/mol. The average Bonchev–Trinajstić information content (AvgIpc) is 2.15. The van der Waals surface area contributed by atoms with Crippen molar-refractivity contribution in [2.75, 3.05) is 7.11 Å². The monoisotopic (exact) mass is 198 g/mol. The fourth-order valence-corrected chi connectivity index (χ4v) is 1.44. The first-order valence-corrected chi connectivity index (χ1v) is 4.42. The van der Waals surface area contributed by atoms with Crippen LogP contribution in [0.25, 0.3) is 0 Å². The number of rotatable bonds is 4. The van der Waals surface area contributed by atoms with Crippen LogP contribution in [0.15, 0.2) is 18.2 Å². The quantitative estimate of drug-likeness (QED) is 0.695. The fraction of sp³-hybridized carbons (Fsp3) is 0.300. The van der Waals surface area contributed by atoms with E-state index in [4.69, 9.17) is 16.3 Å². The molecule has 0 N–H and O–H groups in total. The summed E-state index contributed by atoms with van der Waals surface area (Å²) in [7, 11) is 1.59. The van der Waals surface area contributed by atoms with E-state index in [0.717, 1.165) is 17.6 Å². The second-order valence-corrected chi connectivity index (χ2v) is 3.03. The van der Waals surface area contributed by atoms with Gasteiger partial charge in [0, 0.05) is 17.0 Å². The topological polar surface area (TPSA) is 26.3 Å².